The number of rotatable bonds is 12. The van der Waals surface area contributed by atoms with E-state index in [2.05, 4.69) is 24.1 Å². The third-order valence-corrected chi connectivity index (χ3v) is 3.25. The first-order chi connectivity index (χ1) is 8.38. The molecule has 0 atom stereocenters. The van der Waals surface area contributed by atoms with Gasteiger partial charge >= 0.3 is 0 Å². The van der Waals surface area contributed by atoms with E-state index in [0.29, 0.717) is 0 Å². The predicted octanol–water partition coefficient (Wildman–Crippen LogP) is 2.27. The molecule has 3 nitrogen and oxygen atoms in total. The van der Waals surface area contributed by atoms with Crippen molar-refractivity contribution in [3.05, 3.63) is 0 Å². The average Bonchev–Trinajstić information content (AvgIpc) is 3.15. The maximum absolute atomic E-state index is 5.31. The fourth-order valence-corrected chi connectivity index (χ4v) is 2.15. The summed E-state index contributed by atoms with van der Waals surface area (Å²) in [4.78, 5) is 2.65. The number of unbranched alkanes of at least 4 members (excludes halogenated alkanes) is 1. The van der Waals surface area contributed by atoms with Crippen LogP contribution in [-0.4, -0.2) is 50.3 Å². The van der Waals surface area contributed by atoms with Gasteiger partial charge in [0, 0.05) is 32.3 Å². The predicted molar refractivity (Wildman–Crippen MR) is 73.5 cm³/mol. The first kappa shape index (κ1) is 14.9. The molecular formula is C14H30N2O. The van der Waals surface area contributed by atoms with Gasteiger partial charge in [-0.05, 0) is 52.1 Å². The average molecular weight is 242 g/mol. The minimum absolute atomic E-state index is 0.848. The molecule has 0 aliphatic heterocycles. The lowest BCUT2D eigenvalue weighted by atomic mass is 10.3. The number of hydrogen-bond donors (Lipinski definition) is 1. The zero-order valence-corrected chi connectivity index (χ0v) is 11.7. The molecule has 1 rings (SSSR count). The summed E-state index contributed by atoms with van der Waals surface area (Å²) < 4.78 is 5.31. The summed E-state index contributed by atoms with van der Waals surface area (Å²) in [7, 11) is 0. The molecule has 1 N–H and O–H groups in total. The second kappa shape index (κ2) is 9.86. The third-order valence-electron chi connectivity index (χ3n) is 3.25. The SMILES string of the molecule is CCCN(CCNCCCCOCC)C1CC1. The van der Waals surface area contributed by atoms with E-state index in [9.17, 15) is 0 Å². The van der Waals surface area contributed by atoms with Gasteiger partial charge in [0.05, 0.1) is 0 Å². The normalized spacial score (nSPS) is 15.7. The van der Waals surface area contributed by atoms with Crippen LogP contribution >= 0.6 is 0 Å². The minimum atomic E-state index is 0.848. The molecule has 0 aromatic carbocycles. The zero-order valence-electron chi connectivity index (χ0n) is 11.7. The van der Waals surface area contributed by atoms with Crippen molar-refractivity contribution in [2.24, 2.45) is 0 Å². The highest BCUT2D eigenvalue weighted by Gasteiger charge is 2.27. The zero-order chi connectivity index (χ0) is 12.3. The summed E-state index contributed by atoms with van der Waals surface area (Å²) in [6.07, 6.45) is 6.55. The van der Waals surface area contributed by atoms with Crippen molar-refractivity contribution in [1.29, 1.82) is 0 Å². The fraction of sp³-hybridized carbons (Fsp3) is 1.00. The second-order valence-corrected chi connectivity index (χ2v) is 4.92. The van der Waals surface area contributed by atoms with Crippen molar-refractivity contribution in [3.63, 3.8) is 0 Å². The van der Waals surface area contributed by atoms with Crippen LogP contribution in [0.4, 0.5) is 0 Å². The summed E-state index contributed by atoms with van der Waals surface area (Å²) in [5.41, 5.74) is 0. The van der Waals surface area contributed by atoms with Crippen molar-refractivity contribution in [2.45, 2.75) is 52.0 Å². The summed E-state index contributed by atoms with van der Waals surface area (Å²) in [6.45, 7) is 10.9. The number of nitrogens with zero attached hydrogens (tertiary/aromatic N) is 1. The lowest BCUT2D eigenvalue weighted by Gasteiger charge is -2.21. The Kier molecular flexibility index (Phi) is 8.67. The quantitative estimate of drug-likeness (QED) is 0.531. The van der Waals surface area contributed by atoms with E-state index < -0.39 is 0 Å². The smallest absolute Gasteiger partial charge is 0.0466 e. The Balaban J connectivity index is 1.85. The van der Waals surface area contributed by atoms with Crippen LogP contribution in [0.3, 0.4) is 0 Å². The van der Waals surface area contributed by atoms with Gasteiger partial charge < -0.3 is 10.1 Å². The molecule has 3 heteroatoms. The van der Waals surface area contributed by atoms with Gasteiger partial charge in [0.15, 0.2) is 0 Å². The Hall–Kier alpha value is -0.120. The van der Waals surface area contributed by atoms with E-state index in [0.717, 1.165) is 32.3 Å². The van der Waals surface area contributed by atoms with Crippen LogP contribution in [0.25, 0.3) is 0 Å². The molecule has 1 aliphatic carbocycles. The maximum Gasteiger partial charge on any atom is 0.0466 e. The highest BCUT2D eigenvalue weighted by molar-refractivity contribution is 4.84. The van der Waals surface area contributed by atoms with Crippen molar-refractivity contribution in [1.82, 2.24) is 10.2 Å². The molecule has 0 aromatic heterocycles. The van der Waals surface area contributed by atoms with Crippen LogP contribution in [0.1, 0.15) is 46.0 Å². The van der Waals surface area contributed by atoms with Crippen molar-refractivity contribution in [2.75, 3.05) is 39.4 Å². The van der Waals surface area contributed by atoms with Crippen molar-refractivity contribution < 1.29 is 4.74 Å². The van der Waals surface area contributed by atoms with E-state index >= 15 is 0 Å². The van der Waals surface area contributed by atoms with E-state index in [1.807, 2.05) is 0 Å². The Bertz CT molecular complexity index is 172. The van der Waals surface area contributed by atoms with Crippen LogP contribution in [0.5, 0.6) is 0 Å². The van der Waals surface area contributed by atoms with Gasteiger partial charge in [-0.3, -0.25) is 4.90 Å². The van der Waals surface area contributed by atoms with Gasteiger partial charge in [-0.25, -0.2) is 0 Å². The maximum atomic E-state index is 5.31. The summed E-state index contributed by atoms with van der Waals surface area (Å²) in [5.74, 6) is 0. The van der Waals surface area contributed by atoms with E-state index in [1.165, 1.54) is 45.2 Å². The molecule has 0 spiro atoms. The van der Waals surface area contributed by atoms with Crippen molar-refractivity contribution in [3.8, 4) is 0 Å². The van der Waals surface area contributed by atoms with Crippen molar-refractivity contribution >= 4 is 0 Å². The molecule has 0 radical (unpaired) electrons. The molecular weight excluding hydrogens is 212 g/mol. The minimum Gasteiger partial charge on any atom is -0.382 e. The number of ether oxygens (including phenoxy) is 1. The molecule has 0 bridgehead atoms. The molecule has 1 aliphatic rings. The van der Waals surface area contributed by atoms with E-state index in [1.54, 1.807) is 0 Å². The molecule has 0 saturated heterocycles. The third kappa shape index (κ3) is 7.74. The molecule has 1 saturated carbocycles. The molecule has 102 valence electrons. The van der Waals surface area contributed by atoms with Crippen LogP contribution in [0, 0.1) is 0 Å². The van der Waals surface area contributed by atoms with Gasteiger partial charge in [-0.2, -0.15) is 0 Å². The molecule has 1 fully saturated rings. The number of hydrogen-bond acceptors (Lipinski definition) is 3. The monoisotopic (exact) mass is 242 g/mol. The highest BCUT2D eigenvalue weighted by Crippen LogP contribution is 2.26. The molecule has 17 heavy (non-hydrogen) atoms. The van der Waals surface area contributed by atoms with Gasteiger partial charge in [0.2, 0.25) is 0 Å². The van der Waals surface area contributed by atoms with Crippen LogP contribution in [0.15, 0.2) is 0 Å². The Labute approximate surface area is 107 Å². The van der Waals surface area contributed by atoms with Gasteiger partial charge in [-0.1, -0.05) is 6.92 Å². The highest BCUT2D eigenvalue weighted by atomic mass is 16.5. The summed E-state index contributed by atoms with van der Waals surface area (Å²) in [5, 5.41) is 3.54. The molecule has 0 unspecified atom stereocenters. The van der Waals surface area contributed by atoms with Gasteiger partial charge in [-0.15, -0.1) is 0 Å². The lowest BCUT2D eigenvalue weighted by Crippen LogP contribution is -2.34. The van der Waals surface area contributed by atoms with Crippen LogP contribution in [0.2, 0.25) is 0 Å². The van der Waals surface area contributed by atoms with E-state index in [4.69, 9.17) is 4.74 Å². The molecule has 0 aromatic rings. The summed E-state index contributed by atoms with van der Waals surface area (Å²) in [6, 6.07) is 0.912. The second-order valence-electron chi connectivity index (χ2n) is 4.92. The largest absolute Gasteiger partial charge is 0.382 e. The standard InChI is InChI=1S/C14H30N2O/c1-3-11-16(14-7-8-14)12-10-15-9-5-6-13-17-4-2/h14-15H,3-13H2,1-2H3. The van der Waals surface area contributed by atoms with E-state index in [-0.39, 0.29) is 0 Å². The van der Waals surface area contributed by atoms with Crippen LogP contribution < -0.4 is 5.32 Å². The Morgan fingerprint density at radius 1 is 1.12 bits per heavy atom. The topological polar surface area (TPSA) is 24.5 Å². The molecule has 0 amide bonds. The summed E-state index contributed by atoms with van der Waals surface area (Å²) >= 11 is 0. The fourth-order valence-electron chi connectivity index (χ4n) is 2.15. The van der Waals surface area contributed by atoms with Gasteiger partial charge in [0.25, 0.3) is 0 Å². The Morgan fingerprint density at radius 3 is 2.59 bits per heavy atom. The lowest BCUT2D eigenvalue weighted by molar-refractivity contribution is 0.143. The first-order valence-electron chi connectivity index (χ1n) is 7.41. The molecule has 0 heterocycles. The van der Waals surface area contributed by atoms with Gasteiger partial charge in [0.1, 0.15) is 0 Å². The first-order valence-corrected chi connectivity index (χ1v) is 7.41. The van der Waals surface area contributed by atoms with Crippen LogP contribution in [-0.2, 0) is 4.74 Å². The number of nitrogens with one attached hydrogen (secondary N) is 1. The Morgan fingerprint density at radius 2 is 1.94 bits per heavy atom.